The summed E-state index contributed by atoms with van der Waals surface area (Å²) in [4.78, 5) is 11.6. The van der Waals surface area contributed by atoms with Crippen LogP contribution in [0, 0.1) is 23.7 Å². The van der Waals surface area contributed by atoms with Gasteiger partial charge in [0.25, 0.3) is 0 Å². The molecular weight excluding hydrogens is 284 g/mol. The zero-order chi connectivity index (χ0) is 14.9. The van der Waals surface area contributed by atoms with Gasteiger partial charge in [0.1, 0.15) is 0 Å². The fourth-order valence-corrected chi connectivity index (χ4v) is 6.01. The van der Waals surface area contributed by atoms with Crippen LogP contribution in [0.25, 0.3) is 0 Å². The Labute approximate surface area is 132 Å². The van der Waals surface area contributed by atoms with Crippen molar-refractivity contribution >= 4 is 17.7 Å². The molecule has 0 amide bonds. The molecule has 1 saturated carbocycles. The highest BCUT2D eigenvalue weighted by molar-refractivity contribution is 7.99. The second-order valence-electron chi connectivity index (χ2n) is 7.42. The van der Waals surface area contributed by atoms with Crippen molar-refractivity contribution in [3.63, 3.8) is 0 Å². The van der Waals surface area contributed by atoms with Crippen LogP contribution in [0.1, 0.15) is 51.9 Å². The second-order valence-corrected chi connectivity index (χ2v) is 8.65. The molecule has 4 unspecified atom stereocenters. The highest BCUT2D eigenvalue weighted by Gasteiger charge is 2.45. The molecule has 0 aromatic carbocycles. The van der Waals surface area contributed by atoms with Crippen molar-refractivity contribution in [1.29, 1.82) is 0 Å². The van der Waals surface area contributed by atoms with Gasteiger partial charge in [0.15, 0.2) is 0 Å². The number of hydrogen-bond donors (Lipinski definition) is 1. The first-order valence-corrected chi connectivity index (χ1v) is 9.70. The van der Waals surface area contributed by atoms with E-state index in [0.29, 0.717) is 17.8 Å². The quantitative estimate of drug-likeness (QED) is 0.842. The van der Waals surface area contributed by atoms with E-state index in [1.807, 2.05) is 11.8 Å². The van der Waals surface area contributed by atoms with Crippen molar-refractivity contribution in [2.45, 2.75) is 57.5 Å². The van der Waals surface area contributed by atoms with E-state index in [1.165, 1.54) is 11.5 Å². The zero-order valence-corrected chi connectivity index (χ0v) is 13.9. The molecule has 1 aliphatic carbocycles. The van der Waals surface area contributed by atoms with E-state index in [2.05, 4.69) is 6.92 Å². The molecule has 120 valence electrons. The molecule has 3 aliphatic rings. The van der Waals surface area contributed by atoms with Gasteiger partial charge in [-0.15, -0.1) is 0 Å². The van der Waals surface area contributed by atoms with Gasteiger partial charge in [-0.25, -0.2) is 0 Å². The second kappa shape index (κ2) is 6.49. The normalized spacial score (nSPS) is 40.0. The molecule has 2 heterocycles. The largest absolute Gasteiger partial charge is 0.481 e. The number of hydrogen-bond acceptors (Lipinski definition) is 3. The topological polar surface area (TPSA) is 46.5 Å². The highest BCUT2D eigenvalue weighted by atomic mass is 32.2. The Morgan fingerprint density at radius 1 is 1.24 bits per heavy atom. The lowest BCUT2D eigenvalue weighted by Crippen LogP contribution is -2.46. The smallest absolute Gasteiger partial charge is 0.306 e. The summed E-state index contributed by atoms with van der Waals surface area (Å²) in [7, 11) is 0. The summed E-state index contributed by atoms with van der Waals surface area (Å²) in [5.41, 5.74) is 0.0813. The number of carboxylic acid groups (broad SMARTS) is 1. The van der Waals surface area contributed by atoms with Gasteiger partial charge in [-0.05, 0) is 74.2 Å². The number of carbonyl (C=O) groups is 1. The van der Waals surface area contributed by atoms with E-state index < -0.39 is 5.97 Å². The molecule has 0 radical (unpaired) electrons. The molecule has 4 atom stereocenters. The predicted octanol–water partition coefficient (Wildman–Crippen LogP) is 3.82. The lowest BCUT2D eigenvalue weighted by Gasteiger charge is -2.47. The Morgan fingerprint density at radius 2 is 2.00 bits per heavy atom. The fraction of sp³-hybridized carbons (Fsp3) is 0.941. The molecule has 4 heteroatoms. The number of rotatable bonds is 2. The van der Waals surface area contributed by atoms with Crippen molar-refractivity contribution in [2.75, 3.05) is 18.1 Å². The van der Waals surface area contributed by atoms with E-state index in [1.54, 1.807) is 0 Å². The van der Waals surface area contributed by atoms with Gasteiger partial charge in [0, 0.05) is 6.61 Å². The first-order chi connectivity index (χ1) is 10.1. The Kier molecular flexibility index (Phi) is 4.84. The monoisotopic (exact) mass is 312 g/mol. The molecule has 0 aromatic rings. The lowest BCUT2D eigenvalue weighted by atomic mass is 9.64. The third kappa shape index (κ3) is 3.42. The first-order valence-electron chi connectivity index (χ1n) is 8.54. The minimum absolute atomic E-state index is 0.0813. The van der Waals surface area contributed by atoms with Crippen LogP contribution in [-0.4, -0.2) is 34.8 Å². The summed E-state index contributed by atoms with van der Waals surface area (Å²) >= 11 is 2.03. The Balaban J connectivity index is 1.72. The van der Waals surface area contributed by atoms with E-state index in [0.717, 1.165) is 51.6 Å². The van der Waals surface area contributed by atoms with Gasteiger partial charge in [-0.1, -0.05) is 6.92 Å². The molecular formula is C17H28O3S. The molecule has 2 saturated heterocycles. The average Bonchev–Trinajstić information content (AvgIpc) is 2.47. The first kappa shape index (κ1) is 15.7. The van der Waals surface area contributed by atoms with E-state index in [-0.39, 0.29) is 11.5 Å². The van der Waals surface area contributed by atoms with Crippen molar-refractivity contribution < 1.29 is 14.6 Å². The predicted molar refractivity (Wildman–Crippen MR) is 85.6 cm³/mol. The minimum Gasteiger partial charge on any atom is -0.481 e. The summed E-state index contributed by atoms with van der Waals surface area (Å²) in [6.07, 6.45) is 7.56. The standard InChI is InChI=1S/C17H28O3S/c1-12-2-3-14(16(18)19)15(10-12)13-4-7-20-17(11-13)5-8-21-9-6-17/h12-15H,2-11H2,1H3,(H,18,19). The van der Waals surface area contributed by atoms with E-state index >= 15 is 0 Å². The molecule has 3 nitrogen and oxygen atoms in total. The van der Waals surface area contributed by atoms with Gasteiger partial charge >= 0.3 is 5.97 Å². The van der Waals surface area contributed by atoms with Crippen LogP contribution in [0.4, 0.5) is 0 Å². The Morgan fingerprint density at radius 3 is 2.71 bits per heavy atom. The summed E-state index contributed by atoms with van der Waals surface area (Å²) in [6, 6.07) is 0. The highest BCUT2D eigenvalue weighted by Crippen LogP contribution is 2.47. The van der Waals surface area contributed by atoms with Crippen molar-refractivity contribution in [3.8, 4) is 0 Å². The van der Waals surface area contributed by atoms with Gasteiger partial charge in [0.2, 0.25) is 0 Å². The molecule has 0 bridgehead atoms. The summed E-state index contributed by atoms with van der Waals surface area (Å²) in [5.74, 6) is 3.36. The Hall–Kier alpha value is -0.220. The van der Waals surface area contributed by atoms with Gasteiger partial charge in [-0.3, -0.25) is 4.79 Å². The maximum absolute atomic E-state index is 11.6. The van der Waals surface area contributed by atoms with Gasteiger partial charge in [0.05, 0.1) is 11.5 Å². The summed E-state index contributed by atoms with van der Waals surface area (Å²) < 4.78 is 6.19. The molecule has 21 heavy (non-hydrogen) atoms. The summed E-state index contributed by atoms with van der Waals surface area (Å²) in [6.45, 7) is 3.13. The minimum atomic E-state index is -0.563. The third-order valence-corrected chi connectivity index (χ3v) is 7.01. The molecule has 3 rings (SSSR count). The van der Waals surface area contributed by atoms with Gasteiger partial charge in [-0.2, -0.15) is 11.8 Å². The summed E-state index contributed by atoms with van der Waals surface area (Å²) in [5, 5.41) is 9.59. The maximum Gasteiger partial charge on any atom is 0.306 e. The fourth-order valence-electron chi connectivity index (χ4n) is 4.78. The average molecular weight is 312 g/mol. The van der Waals surface area contributed by atoms with Crippen molar-refractivity contribution in [3.05, 3.63) is 0 Å². The molecule has 2 aliphatic heterocycles. The van der Waals surface area contributed by atoms with Crippen LogP contribution < -0.4 is 0 Å². The number of thioether (sulfide) groups is 1. The van der Waals surface area contributed by atoms with Crippen LogP contribution >= 0.6 is 11.8 Å². The van der Waals surface area contributed by atoms with Crippen molar-refractivity contribution in [2.24, 2.45) is 23.7 Å². The number of aliphatic carboxylic acids is 1. The lowest BCUT2D eigenvalue weighted by molar-refractivity contribution is -0.152. The van der Waals surface area contributed by atoms with Crippen LogP contribution in [0.2, 0.25) is 0 Å². The number of ether oxygens (including phenoxy) is 1. The number of carboxylic acids is 1. The van der Waals surface area contributed by atoms with E-state index in [4.69, 9.17) is 4.74 Å². The van der Waals surface area contributed by atoms with E-state index in [9.17, 15) is 9.90 Å². The van der Waals surface area contributed by atoms with Gasteiger partial charge < -0.3 is 9.84 Å². The molecule has 0 aromatic heterocycles. The van der Waals surface area contributed by atoms with Crippen LogP contribution in [0.3, 0.4) is 0 Å². The van der Waals surface area contributed by atoms with Crippen LogP contribution in [-0.2, 0) is 9.53 Å². The van der Waals surface area contributed by atoms with Crippen molar-refractivity contribution in [1.82, 2.24) is 0 Å². The third-order valence-electron chi connectivity index (χ3n) is 6.02. The molecule has 1 spiro atoms. The molecule has 3 fully saturated rings. The SMILES string of the molecule is CC1CCC(C(=O)O)C(C2CCOC3(CCSCC3)C2)C1. The molecule has 1 N–H and O–H groups in total. The maximum atomic E-state index is 11.6. The van der Waals surface area contributed by atoms with Crippen LogP contribution in [0.15, 0.2) is 0 Å². The van der Waals surface area contributed by atoms with Crippen LogP contribution in [0.5, 0.6) is 0 Å². The Bertz CT molecular complexity index is 373. The zero-order valence-electron chi connectivity index (χ0n) is 13.1.